The van der Waals surface area contributed by atoms with Gasteiger partial charge in [-0.3, -0.25) is 34.3 Å². The molecule has 3 fully saturated rings. The van der Waals surface area contributed by atoms with Crippen molar-refractivity contribution in [3.05, 3.63) is 98.1 Å². The number of aromatic nitrogens is 1. The number of halogens is 6. The molecule has 7 rings (SSSR count). The average Bonchev–Trinajstić information content (AvgIpc) is 3.45. The van der Waals surface area contributed by atoms with Gasteiger partial charge in [-0.1, -0.05) is 64.7 Å². The smallest absolute Gasteiger partial charge is 0.417 e. The van der Waals surface area contributed by atoms with Crippen LogP contribution in [-0.2, 0) is 35.6 Å². The number of aromatic hydroxyl groups is 1. The van der Waals surface area contributed by atoms with E-state index >= 15 is 4.79 Å². The van der Waals surface area contributed by atoms with E-state index in [1.807, 2.05) is 0 Å². The molecule has 1 aromatic heterocycles. The number of rotatable bonds is 7. The Balaban J connectivity index is 1.42. The number of carboxylic acid groups (broad SMARTS) is 1. The van der Waals surface area contributed by atoms with Gasteiger partial charge in [0.05, 0.1) is 40.2 Å². The van der Waals surface area contributed by atoms with E-state index in [0.29, 0.717) is 39.0 Å². The van der Waals surface area contributed by atoms with E-state index in [9.17, 15) is 42.6 Å². The van der Waals surface area contributed by atoms with Crippen molar-refractivity contribution in [2.45, 2.75) is 36.8 Å². The van der Waals surface area contributed by atoms with Crippen molar-refractivity contribution in [3.8, 4) is 5.75 Å². The Kier molecular flexibility index (Phi) is 8.78. The number of hydrogen-bond donors (Lipinski definition) is 3. The van der Waals surface area contributed by atoms with E-state index in [2.05, 4.69) is 10.4 Å². The van der Waals surface area contributed by atoms with Gasteiger partial charge in [0.2, 0.25) is 11.8 Å². The molecule has 3 N–H and O–H groups in total. The highest BCUT2D eigenvalue weighted by Gasteiger charge is 2.70. The highest BCUT2D eigenvalue weighted by Crippen LogP contribution is 2.64. The Morgan fingerprint density at radius 1 is 0.962 bits per heavy atom. The highest BCUT2D eigenvalue weighted by molar-refractivity contribution is 6.33. The minimum atomic E-state index is -4.78. The van der Waals surface area contributed by atoms with E-state index in [-0.39, 0.29) is 30.2 Å². The number of hydrazine groups is 1. The lowest BCUT2D eigenvalue weighted by molar-refractivity contribution is -0.143. The van der Waals surface area contributed by atoms with E-state index in [1.165, 1.54) is 30.3 Å². The first-order chi connectivity index (χ1) is 24.5. The highest BCUT2D eigenvalue weighted by atomic mass is 35.5. The summed E-state index contributed by atoms with van der Waals surface area (Å²) in [5.41, 5.74) is 0.717. The number of pyridine rings is 1. The number of benzene rings is 2. The van der Waals surface area contributed by atoms with Crippen LogP contribution in [0, 0.1) is 23.7 Å². The molecule has 2 aliphatic heterocycles. The number of alkyl halides is 3. The number of phenolic OH excluding ortho intramolecular Hbond substituents is 1. The Bertz CT molecular complexity index is 2100. The minimum Gasteiger partial charge on any atom is -0.508 e. The average molecular weight is 778 g/mol. The zero-order chi connectivity index (χ0) is 37.4. The van der Waals surface area contributed by atoms with Crippen molar-refractivity contribution < 1.29 is 47.4 Å². The van der Waals surface area contributed by atoms with Crippen LogP contribution in [0.3, 0.4) is 0 Å². The van der Waals surface area contributed by atoms with Gasteiger partial charge in [0.1, 0.15) is 5.75 Å². The van der Waals surface area contributed by atoms with Gasteiger partial charge in [0, 0.05) is 28.7 Å². The Labute approximate surface area is 307 Å². The molecule has 3 aromatic rings. The van der Waals surface area contributed by atoms with Crippen LogP contribution < -0.4 is 5.43 Å². The molecule has 2 saturated heterocycles. The normalized spacial score (nSPS) is 27.0. The first-order valence-electron chi connectivity index (χ1n) is 15.9. The molecule has 2 aliphatic carbocycles. The molecule has 1 saturated carbocycles. The number of fused-ring (bicyclic) bond motifs is 4. The predicted molar refractivity (Wildman–Crippen MR) is 179 cm³/mol. The third-order valence-electron chi connectivity index (χ3n) is 10.5. The van der Waals surface area contributed by atoms with Crippen LogP contribution in [0.5, 0.6) is 5.75 Å². The zero-order valence-electron chi connectivity index (χ0n) is 26.5. The molecule has 6 unspecified atom stereocenters. The summed E-state index contributed by atoms with van der Waals surface area (Å²) in [6.45, 7) is -0.344. The van der Waals surface area contributed by atoms with Crippen molar-refractivity contribution in [2.24, 2.45) is 23.7 Å². The van der Waals surface area contributed by atoms with Crippen molar-refractivity contribution >= 4 is 70.2 Å². The molecule has 17 heteroatoms. The molecule has 4 aliphatic rings. The number of anilines is 1. The van der Waals surface area contributed by atoms with Gasteiger partial charge in [0.15, 0.2) is 5.82 Å². The number of hydrogen-bond acceptors (Lipinski definition) is 8. The summed E-state index contributed by atoms with van der Waals surface area (Å²) >= 11 is 19.3. The van der Waals surface area contributed by atoms with Crippen LogP contribution in [0.25, 0.3) is 0 Å². The largest absolute Gasteiger partial charge is 0.508 e. The summed E-state index contributed by atoms with van der Waals surface area (Å²) in [6.07, 6.45) is -3.06. The lowest BCUT2D eigenvalue weighted by Crippen LogP contribution is -2.53. The number of allylic oxidation sites excluding steroid dienone is 2. The lowest BCUT2D eigenvalue weighted by Gasteiger charge is -2.50. The fourth-order valence-corrected chi connectivity index (χ4v) is 8.99. The molecule has 0 bridgehead atoms. The van der Waals surface area contributed by atoms with Crippen LogP contribution in [0.2, 0.25) is 15.1 Å². The van der Waals surface area contributed by atoms with Gasteiger partial charge in [0.25, 0.3) is 11.8 Å². The predicted octanol–water partition coefficient (Wildman–Crippen LogP) is 6.23. The van der Waals surface area contributed by atoms with Gasteiger partial charge < -0.3 is 10.2 Å². The van der Waals surface area contributed by atoms with E-state index in [1.54, 1.807) is 18.2 Å². The SMILES string of the molecule is O=C(O)CCN1C(=O)C2CC=C3C(CC4C(=O)N(Nc5ncc(C(F)(F)F)cc5Cl)C(=O)C4(c4ccc(Cl)cc4)C3c3ccc(O)cc3Cl)C2C1=O. The molecule has 6 atom stereocenters. The second-order valence-electron chi connectivity index (χ2n) is 13.1. The Morgan fingerprint density at radius 3 is 2.31 bits per heavy atom. The molecule has 270 valence electrons. The maximum absolute atomic E-state index is 15.1. The van der Waals surface area contributed by atoms with Gasteiger partial charge in [-0.25, -0.2) is 4.98 Å². The number of carbonyl (C=O) groups is 5. The van der Waals surface area contributed by atoms with E-state index < -0.39 is 93.6 Å². The van der Waals surface area contributed by atoms with E-state index in [4.69, 9.17) is 34.8 Å². The zero-order valence-corrected chi connectivity index (χ0v) is 28.8. The van der Waals surface area contributed by atoms with Crippen LogP contribution in [0.15, 0.2) is 66.4 Å². The summed E-state index contributed by atoms with van der Waals surface area (Å²) in [5, 5.41) is 20.0. The number of nitrogens with zero attached hydrogens (tertiary/aromatic N) is 3. The van der Waals surface area contributed by atoms with Crippen molar-refractivity contribution in [3.63, 3.8) is 0 Å². The third-order valence-corrected chi connectivity index (χ3v) is 11.4. The first kappa shape index (κ1) is 35.7. The summed E-state index contributed by atoms with van der Waals surface area (Å²) in [4.78, 5) is 73.3. The number of carbonyl (C=O) groups excluding carboxylic acids is 4. The molecule has 0 radical (unpaired) electrons. The molecule has 2 aromatic carbocycles. The molecule has 3 heterocycles. The number of carboxylic acids is 1. The minimum absolute atomic E-state index is 0.0248. The molecular weight excluding hydrogens is 752 g/mol. The van der Waals surface area contributed by atoms with Gasteiger partial charge >= 0.3 is 12.1 Å². The van der Waals surface area contributed by atoms with Crippen LogP contribution >= 0.6 is 34.8 Å². The monoisotopic (exact) mass is 776 g/mol. The maximum atomic E-state index is 15.1. The number of amides is 4. The number of imide groups is 2. The molecule has 11 nitrogen and oxygen atoms in total. The van der Waals surface area contributed by atoms with Crippen molar-refractivity contribution in [1.29, 1.82) is 0 Å². The lowest BCUT2D eigenvalue weighted by atomic mass is 9.49. The second kappa shape index (κ2) is 12.8. The number of nitrogens with one attached hydrogen (secondary N) is 1. The topological polar surface area (TPSA) is 157 Å². The molecule has 0 spiro atoms. The van der Waals surface area contributed by atoms with Gasteiger partial charge in [-0.15, -0.1) is 0 Å². The molecule has 52 heavy (non-hydrogen) atoms. The quantitative estimate of drug-likeness (QED) is 0.187. The fraction of sp³-hybridized carbons (Fsp3) is 0.314. The Morgan fingerprint density at radius 2 is 1.67 bits per heavy atom. The maximum Gasteiger partial charge on any atom is 0.417 e. The van der Waals surface area contributed by atoms with Crippen LogP contribution in [-0.4, -0.2) is 61.2 Å². The van der Waals surface area contributed by atoms with Crippen molar-refractivity contribution in [1.82, 2.24) is 14.9 Å². The van der Waals surface area contributed by atoms with Gasteiger partial charge in [-0.2, -0.15) is 18.2 Å². The fourth-order valence-electron chi connectivity index (χ4n) is 8.37. The molecule has 4 amide bonds. The summed E-state index contributed by atoms with van der Waals surface area (Å²) < 4.78 is 40.2. The summed E-state index contributed by atoms with van der Waals surface area (Å²) in [7, 11) is 0. The van der Waals surface area contributed by atoms with Crippen molar-refractivity contribution in [2.75, 3.05) is 12.0 Å². The number of likely N-dealkylation sites (tertiary alicyclic amines) is 1. The summed E-state index contributed by atoms with van der Waals surface area (Å²) in [6, 6.07) is 10.9. The standard InChI is InChI=1S/C35H26Cl3F3N4O7/c36-17-3-1-15(2-4-17)34-23(31(50)45(33(34)52)43-29-25(38)11-16(14-42-29)35(39,40)41)13-22-19(28(34)20-6-5-18(46)12-24(20)37)7-8-21-27(22)32(51)44(30(21)49)10-9-26(47)48/h1-7,11-12,14,21-23,27-28,46H,8-10,13H2,(H,42,43)(H,47,48). The van der Waals surface area contributed by atoms with Crippen LogP contribution in [0.1, 0.15) is 41.9 Å². The Hall–Kier alpha value is -4.66. The van der Waals surface area contributed by atoms with Gasteiger partial charge in [-0.05, 0) is 60.2 Å². The first-order valence-corrected chi connectivity index (χ1v) is 17.1. The van der Waals surface area contributed by atoms with Crippen LogP contribution in [0.4, 0.5) is 19.0 Å². The third kappa shape index (κ3) is 5.50. The van der Waals surface area contributed by atoms with E-state index in [0.717, 1.165) is 4.90 Å². The second-order valence-corrected chi connectivity index (χ2v) is 14.3. The summed E-state index contributed by atoms with van der Waals surface area (Å²) in [5.74, 6) is -9.64. The molecular formula is C35H26Cl3F3N4O7. The number of phenols is 1. The number of aliphatic carboxylic acids is 1.